The second kappa shape index (κ2) is 10.1. The summed E-state index contributed by atoms with van der Waals surface area (Å²) >= 11 is 0. The number of nitrogens with zero attached hydrogens (tertiary/aromatic N) is 3. The minimum atomic E-state index is -4.51. The zero-order chi connectivity index (χ0) is 24.2. The number of rotatable bonds is 7. The van der Waals surface area contributed by atoms with Gasteiger partial charge in [-0.3, -0.25) is 10.6 Å². The summed E-state index contributed by atoms with van der Waals surface area (Å²) in [5.41, 5.74) is 4.97. The summed E-state index contributed by atoms with van der Waals surface area (Å²) in [6, 6.07) is 4.01. The van der Waals surface area contributed by atoms with Gasteiger partial charge in [0, 0.05) is 37.0 Å². The number of allylic oxidation sites excluding steroid dienone is 1. The van der Waals surface area contributed by atoms with Gasteiger partial charge >= 0.3 is 6.18 Å². The lowest BCUT2D eigenvalue weighted by Crippen LogP contribution is -2.38. The van der Waals surface area contributed by atoms with E-state index in [9.17, 15) is 18.0 Å². The minimum Gasteiger partial charge on any atom is -0.471 e. The molecule has 0 spiro atoms. The van der Waals surface area contributed by atoms with E-state index in [4.69, 9.17) is 10.6 Å². The van der Waals surface area contributed by atoms with Crippen LogP contribution in [0.4, 0.5) is 18.9 Å². The molecule has 0 saturated carbocycles. The molecule has 1 amide bonds. The van der Waals surface area contributed by atoms with E-state index >= 15 is 0 Å². The standard InChI is InChI=1S/C22H27F3N6O2/c1-13(2)21(32)31-7-6-15-8-20(28-9-16(15)11-31)33-12-18(14(3)30-26)29-17-4-5-19(27-10-17)22(23,24)25/h4-5,8-10,13,29-30H,6-7,11-12,26H2,1-3H3/b18-14-. The number of carbonyl (C=O) groups is 1. The van der Waals surface area contributed by atoms with Gasteiger partial charge in [-0.2, -0.15) is 13.2 Å². The third-order valence-corrected chi connectivity index (χ3v) is 5.26. The lowest BCUT2D eigenvalue weighted by molar-refractivity contribution is -0.141. The number of hydrazine groups is 1. The molecule has 3 heterocycles. The van der Waals surface area contributed by atoms with E-state index in [2.05, 4.69) is 20.7 Å². The van der Waals surface area contributed by atoms with Crippen LogP contribution in [0.3, 0.4) is 0 Å². The Balaban J connectivity index is 1.67. The zero-order valence-corrected chi connectivity index (χ0v) is 18.7. The van der Waals surface area contributed by atoms with Gasteiger partial charge in [-0.25, -0.2) is 9.97 Å². The number of anilines is 1. The molecule has 0 saturated heterocycles. The predicted octanol–water partition coefficient (Wildman–Crippen LogP) is 3.22. The average molecular weight is 464 g/mol. The Morgan fingerprint density at radius 1 is 1.24 bits per heavy atom. The van der Waals surface area contributed by atoms with Crippen molar-refractivity contribution in [2.75, 3.05) is 18.5 Å². The number of carbonyl (C=O) groups excluding carboxylic acids is 1. The lowest BCUT2D eigenvalue weighted by Gasteiger charge is -2.30. The first-order chi connectivity index (χ1) is 15.6. The van der Waals surface area contributed by atoms with E-state index in [1.807, 2.05) is 24.8 Å². The topological polar surface area (TPSA) is 105 Å². The number of fused-ring (bicyclic) bond motifs is 1. The van der Waals surface area contributed by atoms with Crippen molar-refractivity contribution in [2.45, 2.75) is 39.9 Å². The van der Waals surface area contributed by atoms with Crippen molar-refractivity contribution in [2.24, 2.45) is 11.8 Å². The zero-order valence-electron chi connectivity index (χ0n) is 18.7. The van der Waals surface area contributed by atoms with E-state index in [1.54, 1.807) is 13.1 Å². The summed E-state index contributed by atoms with van der Waals surface area (Å²) in [5, 5.41) is 2.98. The van der Waals surface area contributed by atoms with Crippen molar-refractivity contribution in [1.82, 2.24) is 20.3 Å². The number of alkyl halides is 3. The van der Waals surface area contributed by atoms with Gasteiger partial charge in [0.2, 0.25) is 11.8 Å². The van der Waals surface area contributed by atoms with Crippen LogP contribution in [0.25, 0.3) is 0 Å². The molecule has 0 unspecified atom stereocenters. The van der Waals surface area contributed by atoms with E-state index in [1.165, 1.54) is 6.07 Å². The van der Waals surface area contributed by atoms with E-state index in [0.29, 0.717) is 42.5 Å². The molecule has 11 heteroatoms. The van der Waals surface area contributed by atoms with Crippen LogP contribution >= 0.6 is 0 Å². The van der Waals surface area contributed by atoms with Crippen molar-refractivity contribution in [3.8, 4) is 5.88 Å². The minimum absolute atomic E-state index is 0.0425. The average Bonchev–Trinajstić information content (AvgIpc) is 2.79. The highest BCUT2D eigenvalue weighted by atomic mass is 19.4. The number of ether oxygens (including phenoxy) is 1. The third kappa shape index (κ3) is 6.13. The van der Waals surface area contributed by atoms with Crippen LogP contribution in [-0.2, 0) is 23.9 Å². The largest absolute Gasteiger partial charge is 0.471 e. The molecule has 0 aromatic carbocycles. The Morgan fingerprint density at radius 2 is 2.00 bits per heavy atom. The van der Waals surface area contributed by atoms with E-state index in [-0.39, 0.29) is 18.4 Å². The van der Waals surface area contributed by atoms with Gasteiger partial charge in [0.15, 0.2) is 0 Å². The molecular weight excluding hydrogens is 437 g/mol. The van der Waals surface area contributed by atoms with Crippen LogP contribution in [-0.4, -0.2) is 33.9 Å². The number of hydrogen-bond donors (Lipinski definition) is 3. The predicted molar refractivity (Wildman–Crippen MR) is 117 cm³/mol. The van der Waals surface area contributed by atoms with Gasteiger partial charge in [0.1, 0.15) is 12.3 Å². The summed E-state index contributed by atoms with van der Waals surface area (Å²) < 4.78 is 44.0. The highest BCUT2D eigenvalue weighted by Crippen LogP contribution is 2.28. The molecule has 2 aromatic heterocycles. The maximum absolute atomic E-state index is 12.7. The fourth-order valence-electron chi connectivity index (χ4n) is 3.33. The van der Waals surface area contributed by atoms with Crippen LogP contribution in [0.2, 0.25) is 0 Å². The quantitative estimate of drug-likeness (QED) is 0.427. The van der Waals surface area contributed by atoms with Crippen LogP contribution in [0.5, 0.6) is 5.88 Å². The molecule has 0 aliphatic carbocycles. The molecule has 178 valence electrons. The molecule has 0 radical (unpaired) electrons. The molecule has 1 aliphatic heterocycles. The van der Waals surface area contributed by atoms with Crippen molar-refractivity contribution in [3.05, 3.63) is 58.8 Å². The Hall–Kier alpha value is -3.34. The normalized spacial score (nSPS) is 14.5. The van der Waals surface area contributed by atoms with Crippen LogP contribution < -0.4 is 21.3 Å². The Labute approximate surface area is 190 Å². The fraction of sp³-hybridized carbons (Fsp3) is 0.409. The molecule has 8 nitrogen and oxygen atoms in total. The second-order valence-electron chi connectivity index (χ2n) is 8.05. The van der Waals surface area contributed by atoms with Crippen molar-refractivity contribution in [3.63, 3.8) is 0 Å². The molecule has 0 bridgehead atoms. The highest BCUT2D eigenvalue weighted by Gasteiger charge is 2.32. The smallest absolute Gasteiger partial charge is 0.433 e. The van der Waals surface area contributed by atoms with Gasteiger partial charge < -0.3 is 20.4 Å². The molecule has 3 rings (SSSR count). The summed E-state index contributed by atoms with van der Waals surface area (Å²) in [5.74, 6) is 5.97. The number of pyridine rings is 2. The van der Waals surface area contributed by atoms with Gasteiger partial charge in [-0.05, 0) is 36.6 Å². The molecule has 4 N–H and O–H groups in total. The SMILES string of the molecule is C/C(NN)=C(\COc1cc2c(cn1)CN(C(=O)C(C)C)CC2)Nc1ccc(C(F)(F)F)nc1. The number of nitrogens with one attached hydrogen (secondary N) is 2. The number of hydrogen-bond acceptors (Lipinski definition) is 7. The maximum Gasteiger partial charge on any atom is 0.433 e. The molecule has 0 atom stereocenters. The molecular formula is C22H27F3N6O2. The first-order valence-corrected chi connectivity index (χ1v) is 10.4. The van der Waals surface area contributed by atoms with Gasteiger partial charge in [0.25, 0.3) is 0 Å². The van der Waals surface area contributed by atoms with Crippen molar-refractivity contribution in [1.29, 1.82) is 0 Å². The van der Waals surface area contributed by atoms with Crippen molar-refractivity contribution < 1.29 is 22.7 Å². The number of nitrogens with two attached hydrogens (primary N) is 1. The Kier molecular flexibility index (Phi) is 7.42. The van der Waals surface area contributed by atoms with E-state index in [0.717, 1.165) is 23.4 Å². The lowest BCUT2D eigenvalue weighted by atomic mass is 10.0. The summed E-state index contributed by atoms with van der Waals surface area (Å²) in [6.07, 6.45) is -1.01. The van der Waals surface area contributed by atoms with E-state index < -0.39 is 11.9 Å². The highest BCUT2D eigenvalue weighted by molar-refractivity contribution is 5.78. The summed E-state index contributed by atoms with van der Waals surface area (Å²) in [7, 11) is 0. The van der Waals surface area contributed by atoms with Crippen LogP contribution in [0.1, 0.15) is 37.6 Å². The molecule has 0 fully saturated rings. The van der Waals surface area contributed by atoms with Gasteiger partial charge in [0.05, 0.1) is 17.6 Å². The summed E-state index contributed by atoms with van der Waals surface area (Å²) in [6.45, 7) is 6.65. The Morgan fingerprint density at radius 3 is 2.61 bits per heavy atom. The fourth-order valence-corrected chi connectivity index (χ4v) is 3.33. The number of aromatic nitrogens is 2. The first kappa shape index (κ1) is 24.3. The molecule has 1 aliphatic rings. The van der Waals surface area contributed by atoms with Crippen LogP contribution in [0, 0.1) is 5.92 Å². The monoisotopic (exact) mass is 464 g/mol. The van der Waals surface area contributed by atoms with Gasteiger partial charge in [-0.15, -0.1) is 0 Å². The maximum atomic E-state index is 12.7. The second-order valence-corrected chi connectivity index (χ2v) is 8.05. The molecule has 33 heavy (non-hydrogen) atoms. The number of halogens is 3. The Bertz CT molecular complexity index is 1020. The molecule has 2 aromatic rings. The van der Waals surface area contributed by atoms with Crippen LogP contribution in [0.15, 0.2) is 42.0 Å². The summed E-state index contributed by atoms with van der Waals surface area (Å²) in [4.78, 5) is 21.9. The van der Waals surface area contributed by atoms with Gasteiger partial charge in [-0.1, -0.05) is 13.8 Å². The van der Waals surface area contributed by atoms with Crippen molar-refractivity contribution >= 4 is 11.6 Å². The first-order valence-electron chi connectivity index (χ1n) is 10.4. The number of amides is 1. The third-order valence-electron chi connectivity index (χ3n) is 5.26.